The number of benzene rings is 1. The minimum atomic E-state index is -0.517. The molecule has 1 amide bonds. The van der Waals surface area contributed by atoms with Crippen LogP contribution in [0.1, 0.15) is 24.2 Å². The molecule has 1 fully saturated rings. The summed E-state index contributed by atoms with van der Waals surface area (Å²) in [5.74, 6) is 0.238. The fourth-order valence-electron chi connectivity index (χ4n) is 2.52. The largest absolute Gasteiger partial charge is 0.409 e. The summed E-state index contributed by atoms with van der Waals surface area (Å²) in [6.45, 7) is 6.49. The number of piperazine rings is 1. The van der Waals surface area contributed by atoms with Crippen molar-refractivity contribution in [2.45, 2.75) is 19.4 Å². The number of carbonyl (C=O) groups is 1. The zero-order chi connectivity index (χ0) is 15.5. The number of nitrogens with two attached hydrogens (primary N) is 1. The molecule has 21 heavy (non-hydrogen) atoms. The highest BCUT2D eigenvalue weighted by atomic mass is 16.4. The van der Waals surface area contributed by atoms with Gasteiger partial charge in [-0.2, -0.15) is 0 Å². The van der Waals surface area contributed by atoms with Crippen molar-refractivity contribution in [1.29, 1.82) is 0 Å². The first kappa shape index (κ1) is 15.3. The molecule has 6 nitrogen and oxygen atoms in total. The molecule has 1 aliphatic heterocycles. The van der Waals surface area contributed by atoms with Gasteiger partial charge in [-0.1, -0.05) is 23.4 Å². The van der Waals surface area contributed by atoms with Crippen LogP contribution in [0.5, 0.6) is 0 Å². The molecular formula is C15H22N4O2. The molecule has 3 N–H and O–H groups in total. The summed E-state index contributed by atoms with van der Waals surface area (Å²) in [7, 11) is 0. The first-order chi connectivity index (χ1) is 9.96. The Bertz CT molecular complexity index is 520. The Morgan fingerprint density at radius 3 is 2.29 bits per heavy atom. The number of hydrogen-bond donors (Lipinski definition) is 2. The van der Waals surface area contributed by atoms with Gasteiger partial charge in [-0.15, -0.1) is 0 Å². The van der Waals surface area contributed by atoms with Gasteiger partial charge in [0.25, 0.3) is 5.91 Å². The van der Waals surface area contributed by atoms with E-state index in [2.05, 4.69) is 10.1 Å². The Kier molecular flexibility index (Phi) is 4.47. The fraction of sp³-hybridized carbons (Fsp3) is 0.467. The van der Waals surface area contributed by atoms with Crippen molar-refractivity contribution < 1.29 is 10.0 Å². The molecule has 0 saturated carbocycles. The predicted molar refractivity (Wildman–Crippen MR) is 81.4 cm³/mol. The lowest BCUT2D eigenvalue weighted by Gasteiger charge is -2.43. The van der Waals surface area contributed by atoms with E-state index in [0.29, 0.717) is 31.7 Å². The van der Waals surface area contributed by atoms with Crippen LogP contribution in [0.2, 0.25) is 0 Å². The first-order valence-corrected chi connectivity index (χ1v) is 7.04. The van der Waals surface area contributed by atoms with E-state index in [-0.39, 0.29) is 11.7 Å². The smallest absolute Gasteiger partial charge is 0.253 e. The zero-order valence-electron chi connectivity index (χ0n) is 12.5. The highest BCUT2D eigenvalue weighted by Gasteiger charge is 2.34. The van der Waals surface area contributed by atoms with Crippen molar-refractivity contribution in [3.05, 3.63) is 35.9 Å². The minimum Gasteiger partial charge on any atom is -0.409 e. The second kappa shape index (κ2) is 6.13. The first-order valence-electron chi connectivity index (χ1n) is 7.04. The van der Waals surface area contributed by atoms with Gasteiger partial charge in [-0.3, -0.25) is 9.69 Å². The quantitative estimate of drug-likeness (QED) is 0.376. The monoisotopic (exact) mass is 290 g/mol. The number of oxime groups is 1. The van der Waals surface area contributed by atoms with E-state index in [1.165, 1.54) is 0 Å². The molecule has 1 aromatic rings. The maximum atomic E-state index is 12.4. The van der Waals surface area contributed by atoms with Crippen LogP contribution in [0.25, 0.3) is 0 Å². The van der Waals surface area contributed by atoms with Crippen LogP contribution in [0.15, 0.2) is 35.5 Å². The van der Waals surface area contributed by atoms with Crippen molar-refractivity contribution in [2.75, 3.05) is 26.2 Å². The number of hydrogen-bond acceptors (Lipinski definition) is 4. The molecule has 0 unspecified atom stereocenters. The van der Waals surface area contributed by atoms with Crippen LogP contribution in [-0.2, 0) is 0 Å². The Morgan fingerprint density at radius 2 is 1.76 bits per heavy atom. The molecular weight excluding hydrogens is 268 g/mol. The average Bonchev–Trinajstić information content (AvgIpc) is 2.54. The second-order valence-electron chi connectivity index (χ2n) is 5.69. The maximum Gasteiger partial charge on any atom is 0.253 e. The Morgan fingerprint density at radius 1 is 1.19 bits per heavy atom. The molecule has 114 valence electrons. The number of amidine groups is 1. The van der Waals surface area contributed by atoms with E-state index < -0.39 is 5.54 Å². The van der Waals surface area contributed by atoms with E-state index >= 15 is 0 Å². The molecule has 0 spiro atoms. The zero-order valence-corrected chi connectivity index (χ0v) is 12.5. The van der Waals surface area contributed by atoms with Crippen molar-refractivity contribution in [1.82, 2.24) is 9.80 Å². The lowest BCUT2D eigenvalue weighted by molar-refractivity contribution is 0.0531. The van der Waals surface area contributed by atoms with Gasteiger partial charge < -0.3 is 15.8 Å². The highest BCUT2D eigenvalue weighted by molar-refractivity contribution is 5.94. The lowest BCUT2D eigenvalue weighted by Crippen LogP contribution is -2.60. The van der Waals surface area contributed by atoms with Gasteiger partial charge in [-0.25, -0.2) is 0 Å². The van der Waals surface area contributed by atoms with Crippen LogP contribution < -0.4 is 5.73 Å². The summed E-state index contributed by atoms with van der Waals surface area (Å²) in [5, 5.41) is 12.0. The van der Waals surface area contributed by atoms with Gasteiger partial charge in [-0.05, 0) is 26.0 Å². The van der Waals surface area contributed by atoms with E-state index in [4.69, 9.17) is 10.9 Å². The second-order valence-corrected chi connectivity index (χ2v) is 5.69. The Labute approximate surface area is 124 Å². The summed E-state index contributed by atoms with van der Waals surface area (Å²) in [4.78, 5) is 16.3. The number of amides is 1. The molecule has 0 radical (unpaired) electrons. The summed E-state index contributed by atoms with van der Waals surface area (Å²) >= 11 is 0. The van der Waals surface area contributed by atoms with Crippen molar-refractivity contribution in [2.24, 2.45) is 10.9 Å². The summed E-state index contributed by atoms with van der Waals surface area (Å²) in [6, 6.07) is 9.29. The summed E-state index contributed by atoms with van der Waals surface area (Å²) in [5.41, 5.74) is 5.94. The molecule has 1 aromatic carbocycles. The third-order valence-corrected chi connectivity index (χ3v) is 4.11. The molecule has 0 bridgehead atoms. The fourth-order valence-corrected chi connectivity index (χ4v) is 2.52. The molecule has 1 saturated heterocycles. The maximum absolute atomic E-state index is 12.4. The normalized spacial score (nSPS) is 17.8. The Balaban J connectivity index is 1.99. The van der Waals surface area contributed by atoms with Gasteiger partial charge in [0.15, 0.2) is 5.84 Å². The van der Waals surface area contributed by atoms with Gasteiger partial charge in [0.2, 0.25) is 0 Å². The third kappa shape index (κ3) is 3.16. The SMILES string of the molecule is CC(C)(C(N)=NO)N1CCN(C(=O)c2ccccc2)CC1. The van der Waals surface area contributed by atoms with E-state index in [9.17, 15) is 4.79 Å². The van der Waals surface area contributed by atoms with Crippen LogP contribution in [0.3, 0.4) is 0 Å². The van der Waals surface area contributed by atoms with Gasteiger partial charge in [0.05, 0.1) is 5.54 Å². The Hall–Kier alpha value is -2.08. The van der Waals surface area contributed by atoms with Crippen LogP contribution >= 0.6 is 0 Å². The molecule has 2 rings (SSSR count). The van der Waals surface area contributed by atoms with Crippen LogP contribution in [0.4, 0.5) is 0 Å². The molecule has 0 atom stereocenters. The molecule has 0 aliphatic carbocycles. The summed E-state index contributed by atoms with van der Waals surface area (Å²) in [6.07, 6.45) is 0. The van der Waals surface area contributed by atoms with Crippen LogP contribution in [0, 0.1) is 0 Å². The molecule has 1 heterocycles. The van der Waals surface area contributed by atoms with Crippen LogP contribution in [-0.4, -0.2) is 58.5 Å². The van der Waals surface area contributed by atoms with E-state index in [1.54, 1.807) is 0 Å². The number of carbonyl (C=O) groups excluding carboxylic acids is 1. The number of nitrogens with zero attached hydrogens (tertiary/aromatic N) is 3. The molecule has 6 heteroatoms. The van der Waals surface area contributed by atoms with Crippen molar-refractivity contribution in [3.63, 3.8) is 0 Å². The summed E-state index contributed by atoms with van der Waals surface area (Å²) < 4.78 is 0. The average molecular weight is 290 g/mol. The third-order valence-electron chi connectivity index (χ3n) is 4.11. The number of rotatable bonds is 3. The standard InChI is InChI=1S/C15H22N4O2/c1-15(2,14(16)17-21)19-10-8-18(9-11-19)13(20)12-6-4-3-5-7-12/h3-7,21H,8-11H2,1-2H3,(H2,16,17). The molecule has 0 aromatic heterocycles. The van der Waals surface area contributed by atoms with Gasteiger partial charge in [0.1, 0.15) is 0 Å². The van der Waals surface area contributed by atoms with E-state index in [0.717, 1.165) is 0 Å². The van der Waals surface area contributed by atoms with Crippen molar-refractivity contribution >= 4 is 11.7 Å². The topological polar surface area (TPSA) is 82.2 Å². The van der Waals surface area contributed by atoms with Gasteiger partial charge in [0, 0.05) is 31.7 Å². The predicted octanol–water partition coefficient (Wildman–Crippen LogP) is 0.969. The lowest BCUT2D eigenvalue weighted by atomic mass is 10.00. The molecule has 1 aliphatic rings. The highest BCUT2D eigenvalue weighted by Crippen LogP contribution is 2.18. The minimum absolute atomic E-state index is 0.0526. The van der Waals surface area contributed by atoms with Gasteiger partial charge >= 0.3 is 0 Å². The van der Waals surface area contributed by atoms with E-state index in [1.807, 2.05) is 49.1 Å². The van der Waals surface area contributed by atoms with Crippen molar-refractivity contribution in [3.8, 4) is 0 Å².